The number of anilines is 2. The van der Waals surface area contributed by atoms with Gasteiger partial charge < -0.3 is 11.1 Å². The molecule has 0 spiro atoms. The Balaban J connectivity index is 1.90. The summed E-state index contributed by atoms with van der Waals surface area (Å²) in [5, 5.41) is 12.8. The van der Waals surface area contributed by atoms with E-state index in [1.54, 1.807) is 0 Å². The molecule has 0 amide bonds. The lowest BCUT2D eigenvalue weighted by Gasteiger charge is -2.43. The van der Waals surface area contributed by atoms with Gasteiger partial charge in [-0.2, -0.15) is 5.26 Å². The molecule has 1 aromatic rings. The Bertz CT molecular complexity index is 580. The first-order valence-electron chi connectivity index (χ1n) is 7.43. The first kappa shape index (κ1) is 13.3. The molecule has 3 unspecified atom stereocenters. The molecule has 0 aliphatic heterocycles. The van der Waals surface area contributed by atoms with Gasteiger partial charge in [-0.25, -0.2) is 0 Å². The Morgan fingerprint density at radius 3 is 2.70 bits per heavy atom. The van der Waals surface area contributed by atoms with Crippen LogP contribution < -0.4 is 11.1 Å². The first-order chi connectivity index (χ1) is 9.37. The van der Waals surface area contributed by atoms with Crippen LogP contribution >= 0.6 is 0 Å². The Morgan fingerprint density at radius 1 is 1.35 bits per heavy atom. The number of nitriles is 1. The summed E-state index contributed by atoms with van der Waals surface area (Å²) in [6.45, 7) is 7.16. The van der Waals surface area contributed by atoms with Crippen LogP contribution in [0.3, 0.4) is 0 Å². The highest BCUT2D eigenvalue weighted by Gasteiger charge is 2.59. The average molecular weight is 269 g/mol. The second-order valence-corrected chi connectivity index (χ2v) is 7.41. The third kappa shape index (κ3) is 1.78. The Morgan fingerprint density at radius 2 is 2.10 bits per heavy atom. The second kappa shape index (κ2) is 4.15. The summed E-state index contributed by atoms with van der Waals surface area (Å²) in [5.74, 6) is 0.814. The first-order valence-corrected chi connectivity index (χ1v) is 7.43. The molecule has 3 nitrogen and oxygen atoms in total. The van der Waals surface area contributed by atoms with Gasteiger partial charge in [0.05, 0.1) is 5.56 Å². The van der Waals surface area contributed by atoms with Crippen molar-refractivity contribution in [2.24, 2.45) is 16.7 Å². The molecule has 0 saturated heterocycles. The molecule has 0 heterocycles. The molecule has 2 aliphatic carbocycles. The van der Waals surface area contributed by atoms with E-state index in [1.165, 1.54) is 19.3 Å². The maximum absolute atomic E-state index is 9.10. The molecule has 3 N–H and O–H groups in total. The van der Waals surface area contributed by atoms with Crippen LogP contribution in [0.4, 0.5) is 11.4 Å². The monoisotopic (exact) mass is 269 g/mol. The number of nitrogens with two attached hydrogens (primary N) is 1. The normalized spacial score (nSPS) is 33.9. The minimum absolute atomic E-state index is 0.307. The zero-order valence-electron chi connectivity index (χ0n) is 12.5. The van der Waals surface area contributed by atoms with E-state index in [9.17, 15) is 0 Å². The molecule has 2 bridgehead atoms. The fraction of sp³-hybridized carbons (Fsp3) is 0.588. The summed E-state index contributed by atoms with van der Waals surface area (Å²) < 4.78 is 0. The van der Waals surface area contributed by atoms with E-state index in [2.05, 4.69) is 32.2 Å². The average Bonchev–Trinajstić information content (AvgIpc) is 2.87. The van der Waals surface area contributed by atoms with Gasteiger partial charge in [-0.15, -0.1) is 0 Å². The van der Waals surface area contributed by atoms with Crippen LogP contribution in [0.15, 0.2) is 18.2 Å². The fourth-order valence-corrected chi connectivity index (χ4v) is 4.57. The molecule has 2 fully saturated rings. The van der Waals surface area contributed by atoms with Crippen molar-refractivity contribution in [1.29, 1.82) is 5.26 Å². The van der Waals surface area contributed by atoms with Gasteiger partial charge in [0.15, 0.2) is 0 Å². The van der Waals surface area contributed by atoms with E-state index in [0.29, 0.717) is 28.1 Å². The zero-order chi connectivity index (χ0) is 14.5. The van der Waals surface area contributed by atoms with Crippen molar-refractivity contribution in [2.75, 3.05) is 11.1 Å². The van der Waals surface area contributed by atoms with E-state index in [0.717, 1.165) is 11.6 Å². The van der Waals surface area contributed by atoms with Crippen molar-refractivity contribution in [1.82, 2.24) is 0 Å². The van der Waals surface area contributed by atoms with E-state index in [4.69, 9.17) is 11.0 Å². The quantitative estimate of drug-likeness (QED) is 0.803. The van der Waals surface area contributed by atoms with E-state index in [-0.39, 0.29) is 0 Å². The number of fused-ring (bicyclic) bond motifs is 2. The summed E-state index contributed by atoms with van der Waals surface area (Å²) in [5.41, 5.74) is 8.61. The number of nitrogens with zero attached hydrogens (tertiary/aromatic N) is 1. The standard InChI is InChI=1S/C17H23N3/c1-16(2)12-6-7-17(3,9-12)15(16)20-13-4-5-14(19)11(8-13)10-18/h4-5,8,12,15,20H,6-7,9,19H2,1-3H3. The van der Waals surface area contributed by atoms with Crippen LogP contribution in [0, 0.1) is 28.1 Å². The molecule has 2 aliphatic rings. The lowest BCUT2D eigenvalue weighted by atomic mass is 9.68. The van der Waals surface area contributed by atoms with Crippen molar-refractivity contribution in [3.63, 3.8) is 0 Å². The lowest BCUT2D eigenvalue weighted by Crippen LogP contribution is -2.45. The smallest absolute Gasteiger partial charge is 0.101 e. The summed E-state index contributed by atoms with van der Waals surface area (Å²) in [4.78, 5) is 0. The largest absolute Gasteiger partial charge is 0.398 e. The maximum atomic E-state index is 9.10. The predicted molar refractivity (Wildman–Crippen MR) is 82.2 cm³/mol. The van der Waals surface area contributed by atoms with Gasteiger partial charge in [-0.05, 0) is 54.2 Å². The highest BCUT2D eigenvalue weighted by atomic mass is 15.0. The molecular weight excluding hydrogens is 246 g/mol. The third-order valence-electron chi connectivity index (χ3n) is 5.75. The number of hydrogen-bond acceptors (Lipinski definition) is 3. The van der Waals surface area contributed by atoms with Crippen molar-refractivity contribution < 1.29 is 0 Å². The van der Waals surface area contributed by atoms with Gasteiger partial charge in [-0.1, -0.05) is 20.8 Å². The summed E-state index contributed by atoms with van der Waals surface area (Å²) in [6.07, 6.45) is 3.98. The second-order valence-electron chi connectivity index (χ2n) is 7.41. The number of nitrogen functional groups attached to an aromatic ring is 1. The summed E-state index contributed by atoms with van der Waals surface area (Å²) in [7, 11) is 0. The highest BCUT2D eigenvalue weighted by molar-refractivity contribution is 5.62. The van der Waals surface area contributed by atoms with Crippen LogP contribution in [-0.2, 0) is 0 Å². The van der Waals surface area contributed by atoms with E-state index in [1.807, 2.05) is 18.2 Å². The highest BCUT2D eigenvalue weighted by Crippen LogP contribution is 2.63. The molecule has 3 heteroatoms. The van der Waals surface area contributed by atoms with Crippen LogP contribution in [0.1, 0.15) is 45.6 Å². The molecule has 2 saturated carbocycles. The number of rotatable bonds is 2. The number of hydrogen-bond donors (Lipinski definition) is 2. The van der Waals surface area contributed by atoms with Crippen molar-refractivity contribution >= 4 is 11.4 Å². The van der Waals surface area contributed by atoms with Crippen LogP contribution in [-0.4, -0.2) is 6.04 Å². The summed E-state index contributed by atoms with van der Waals surface area (Å²) >= 11 is 0. The maximum Gasteiger partial charge on any atom is 0.101 e. The third-order valence-corrected chi connectivity index (χ3v) is 5.75. The minimum atomic E-state index is 0.307. The van der Waals surface area contributed by atoms with E-state index < -0.39 is 0 Å². The molecule has 106 valence electrons. The van der Waals surface area contributed by atoms with Crippen LogP contribution in [0.25, 0.3) is 0 Å². The summed E-state index contributed by atoms with van der Waals surface area (Å²) in [6, 6.07) is 8.31. The lowest BCUT2D eigenvalue weighted by molar-refractivity contribution is 0.155. The van der Waals surface area contributed by atoms with Gasteiger partial charge in [0.2, 0.25) is 0 Å². The molecular formula is C17H23N3. The topological polar surface area (TPSA) is 61.8 Å². The molecule has 1 aromatic carbocycles. The molecule has 0 radical (unpaired) electrons. The predicted octanol–water partition coefficient (Wildman–Crippen LogP) is 3.77. The van der Waals surface area contributed by atoms with E-state index >= 15 is 0 Å². The Kier molecular flexibility index (Phi) is 2.76. The number of nitrogens with one attached hydrogen (secondary N) is 1. The molecule has 20 heavy (non-hydrogen) atoms. The molecule has 0 aromatic heterocycles. The van der Waals surface area contributed by atoms with Gasteiger partial charge >= 0.3 is 0 Å². The molecule has 3 rings (SSSR count). The van der Waals surface area contributed by atoms with Gasteiger partial charge in [0, 0.05) is 17.4 Å². The Hall–Kier alpha value is -1.69. The number of benzene rings is 1. The van der Waals surface area contributed by atoms with Crippen molar-refractivity contribution in [3.05, 3.63) is 23.8 Å². The fourth-order valence-electron chi connectivity index (χ4n) is 4.57. The van der Waals surface area contributed by atoms with Gasteiger partial charge in [0.1, 0.15) is 6.07 Å². The molecule has 3 atom stereocenters. The van der Waals surface area contributed by atoms with Crippen molar-refractivity contribution in [3.8, 4) is 6.07 Å². The zero-order valence-corrected chi connectivity index (χ0v) is 12.5. The van der Waals surface area contributed by atoms with Crippen LogP contribution in [0.2, 0.25) is 0 Å². The minimum Gasteiger partial charge on any atom is -0.398 e. The van der Waals surface area contributed by atoms with Gasteiger partial charge in [-0.3, -0.25) is 0 Å². The van der Waals surface area contributed by atoms with Crippen molar-refractivity contribution in [2.45, 2.75) is 46.1 Å². The van der Waals surface area contributed by atoms with Gasteiger partial charge in [0.25, 0.3) is 0 Å². The van der Waals surface area contributed by atoms with Crippen LogP contribution in [0.5, 0.6) is 0 Å². The SMILES string of the molecule is CC12CCC(C1)C(C)(C)C2Nc1ccc(N)c(C#N)c1. The Labute approximate surface area is 121 Å².